The third kappa shape index (κ3) is 4.59. The predicted octanol–water partition coefficient (Wildman–Crippen LogP) is 3.67. The standard InChI is InChI=1S/C21H30N4O/c1-3-23(20-8-6-7-18(2)17-20)16-11-22-21(26)25-14-9-19(10-15-25)24-12-4-5-13-24/h4-8,12-13,17,19H,3,9-11,14-16H2,1-2H3,(H,22,26). The van der Waals surface area contributed by atoms with E-state index in [4.69, 9.17) is 0 Å². The normalized spacial score (nSPS) is 15.1. The van der Waals surface area contributed by atoms with E-state index >= 15 is 0 Å². The monoisotopic (exact) mass is 354 g/mol. The molecule has 1 N–H and O–H groups in total. The summed E-state index contributed by atoms with van der Waals surface area (Å²) in [6.45, 7) is 8.33. The van der Waals surface area contributed by atoms with Crippen molar-refractivity contribution in [2.75, 3.05) is 37.6 Å². The smallest absolute Gasteiger partial charge is 0.317 e. The Balaban J connectivity index is 1.42. The zero-order chi connectivity index (χ0) is 18.4. The van der Waals surface area contributed by atoms with Gasteiger partial charge in [0.05, 0.1) is 0 Å². The molecule has 140 valence electrons. The molecule has 1 fully saturated rings. The molecule has 2 heterocycles. The van der Waals surface area contributed by atoms with Crippen LogP contribution in [0.4, 0.5) is 10.5 Å². The van der Waals surface area contributed by atoms with Crippen molar-refractivity contribution >= 4 is 11.7 Å². The lowest BCUT2D eigenvalue weighted by Crippen LogP contribution is -2.46. The van der Waals surface area contributed by atoms with Crippen molar-refractivity contribution in [1.82, 2.24) is 14.8 Å². The highest BCUT2D eigenvalue weighted by Crippen LogP contribution is 2.22. The number of likely N-dealkylation sites (N-methyl/N-ethyl adjacent to an activating group) is 1. The van der Waals surface area contributed by atoms with E-state index in [1.165, 1.54) is 11.3 Å². The van der Waals surface area contributed by atoms with E-state index in [0.29, 0.717) is 12.6 Å². The molecule has 0 radical (unpaired) electrons. The van der Waals surface area contributed by atoms with Crippen LogP contribution in [0.25, 0.3) is 0 Å². The summed E-state index contributed by atoms with van der Waals surface area (Å²) in [5.41, 5.74) is 2.48. The Kier molecular flexibility index (Phi) is 6.21. The summed E-state index contributed by atoms with van der Waals surface area (Å²) in [5, 5.41) is 3.09. The number of anilines is 1. The van der Waals surface area contributed by atoms with Crippen molar-refractivity contribution in [2.45, 2.75) is 32.7 Å². The number of nitrogens with zero attached hydrogens (tertiary/aromatic N) is 3. The maximum atomic E-state index is 12.4. The van der Waals surface area contributed by atoms with Crippen LogP contribution in [0.1, 0.15) is 31.4 Å². The van der Waals surface area contributed by atoms with Gasteiger partial charge in [0, 0.05) is 56.8 Å². The number of hydrogen-bond donors (Lipinski definition) is 1. The van der Waals surface area contributed by atoms with Crippen LogP contribution in [-0.2, 0) is 0 Å². The zero-order valence-electron chi connectivity index (χ0n) is 15.9. The number of benzene rings is 1. The van der Waals surface area contributed by atoms with E-state index < -0.39 is 0 Å². The summed E-state index contributed by atoms with van der Waals surface area (Å²) in [4.78, 5) is 16.7. The summed E-state index contributed by atoms with van der Waals surface area (Å²) in [5.74, 6) is 0. The molecule has 1 saturated heterocycles. The first-order chi connectivity index (χ1) is 12.7. The fourth-order valence-electron chi connectivity index (χ4n) is 3.66. The molecule has 5 nitrogen and oxygen atoms in total. The van der Waals surface area contributed by atoms with E-state index in [9.17, 15) is 4.79 Å². The van der Waals surface area contributed by atoms with E-state index in [0.717, 1.165) is 39.0 Å². The lowest BCUT2D eigenvalue weighted by molar-refractivity contribution is 0.172. The average Bonchev–Trinajstić information content (AvgIpc) is 3.20. The number of aromatic nitrogens is 1. The van der Waals surface area contributed by atoms with Crippen LogP contribution < -0.4 is 10.2 Å². The number of urea groups is 1. The summed E-state index contributed by atoms with van der Waals surface area (Å²) >= 11 is 0. The minimum absolute atomic E-state index is 0.0660. The molecule has 1 aromatic carbocycles. The van der Waals surface area contributed by atoms with E-state index in [1.807, 2.05) is 4.90 Å². The van der Waals surface area contributed by atoms with Crippen molar-refractivity contribution in [3.8, 4) is 0 Å². The van der Waals surface area contributed by atoms with E-state index in [1.54, 1.807) is 0 Å². The molecule has 3 rings (SSSR count). The van der Waals surface area contributed by atoms with Gasteiger partial charge in [0.2, 0.25) is 0 Å². The molecule has 0 atom stereocenters. The van der Waals surface area contributed by atoms with Crippen molar-refractivity contribution in [1.29, 1.82) is 0 Å². The number of piperidine rings is 1. The Morgan fingerprint density at radius 3 is 2.58 bits per heavy atom. The van der Waals surface area contributed by atoms with Gasteiger partial charge in [0.25, 0.3) is 0 Å². The molecule has 26 heavy (non-hydrogen) atoms. The van der Waals surface area contributed by atoms with Gasteiger partial charge >= 0.3 is 6.03 Å². The van der Waals surface area contributed by atoms with Crippen LogP contribution in [0.15, 0.2) is 48.8 Å². The topological polar surface area (TPSA) is 40.5 Å². The SMILES string of the molecule is CCN(CCNC(=O)N1CCC(n2cccc2)CC1)c1cccc(C)c1. The highest BCUT2D eigenvalue weighted by atomic mass is 16.2. The molecule has 0 spiro atoms. The molecule has 2 aromatic rings. The molecule has 2 amide bonds. The molecule has 0 saturated carbocycles. The summed E-state index contributed by atoms with van der Waals surface area (Å²) in [6, 6.07) is 13.2. The third-order valence-electron chi connectivity index (χ3n) is 5.21. The lowest BCUT2D eigenvalue weighted by atomic mass is 10.1. The second-order valence-electron chi connectivity index (χ2n) is 7.00. The van der Waals surface area contributed by atoms with Crippen LogP contribution in [0.3, 0.4) is 0 Å². The summed E-state index contributed by atoms with van der Waals surface area (Å²) in [6.07, 6.45) is 6.27. The molecule has 1 aromatic heterocycles. The predicted molar refractivity (Wildman–Crippen MR) is 107 cm³/mol. The summed E-state index contributed by atoms with van der Waals surface area (Å²) < 4.78 is 2.26. The van der Waals surface area contributed by atoms with E-state index in [2.05, 4.69) is 77.4 Å². The second-order valence-corrected chi connectivity index (χ2v) is 7.00. The van der Waals surface area contributed by atoms with Gasteiger partial charge in [0.1, 0.15) is 0 Å². The maximum absolute atomic E-state index is 12.4. The zero-order valence-corrected chi connectivity index (χ0v) is 15.9. The fourth-order valence-corrected chi connectivity index (χ4v) is 3.66. The number of hydrogen-bond acceptors (Lipinski definition) is 2. The van der Waals surface area contributed by atoms with E-state index in [-0.39, 0.29) is 6.03 Å². The highest BCUT2D eigenvalue weighted by Gasteiger charge is 2.23. The molecular formula is C21H30N4O. The number of rotatable bonds is 6. The number of aryl methyl sites for hydroxylation is 1. The van der Waals surface area contributed by atoms with Crippen LogP contribution in [0, 0.1) is 6.92 Å². The van der Waals surface area contributed by atoms with Crippen LogP contribution in [0.2, 0.25) is 0 Å². The Morgan fingerprint density at radius 2 is 1.92 bits per heavy atom. The fraction of sp³-hybridized carbons (Fsp3) is 0.476. The van der Waals surface area contributed by atoms with Gasteiger partial charge in [-0.1, -0.05) is 12.1 Å². The van der Waals surface area contributed by atoms with Crippen molar-refractivity contribution in [2.24, 2.45) is 0 Å². The van der Waals surface area contributed by atoms with Gasteiger partial charge in [-0.25, -0.2) is 4.79 Å². The Labute approximate surface area is 156 Å². The molecule has 5 heteroatoms. The lowest BCUT2D eigenvalue weighted by Gasteiger charge is -2.33. The van der Waals surface area contributed by atoms with Crippen LogP contribution in [0.5, 0.6) is 0 Å². The summed E-state index contributed by atoms with van der Waals surface area (Å²) in [7, 11) is 0. The Hall–Kier alpha value is -2.43. The number of carbonyl (C=O) groups excluding carboxylic acids is 1. The molecule has 0 bridgehead atoms. The molecular weight excluding hydrogens is 324 g/mol. The molecule has 1 aliphatic rings. The van der Waals surface area contributed by atoms with Gasteiger partial charge in [-0.3, -0.25) is 0 Å². The second kappa shape index (κ2) is 8.79. The number of carbonyl (C=O) groups is 1. The highest BCUT2D eigenvalue weighted by molar-refractivity contribution is 5.74. The van der Waals surface area contributed by atoms with Crippen molar-refractivity contribution in [3.05, 3.63) is 54.4 Å². The molecule has 0 aliphatic carbocycles. The molecule has 0 unspecified atom stereocenters. The minimum atomic E-state index is 0.0660. The third-order valence-corrected chi connectivity index (χ3v) is 5.21. The van der Waals surface area contributed by atoms with Crippen LogP contribution >= 0.6 is 0 Å². The average molecular weight is 354 g/mol. The number of nitrogens with one attached hydrogen (secondary N) is 1. The van der Waals surface area contributed by atoms with Crippen molar-refractivity contribution < 1.29 is 4.79 Å². The Morgan fingerprint density at radius 1 is 1.19 bits per heavy atom. The van der Waals surface area contributed by atoms with Gasteiger partial charge in [0.15, 0.2) is 0 Å². The van der Waals surface area contributed by atoms with Gasteiger partial charge in [-0.2, -0.15) is 0 Å². The number of amides is 2. The quantitative estimate of drug-likeness (QED) is 0.860. The van der Waals surface area contributed by atoms with Gasteiger partial charge in [-0.15, -0.1) is 0 Å². The number of likely N-dealkylation sites (tertiary alicyclic amines) is 1. The van der Waals surface area contributed by atoms with Gasteiger partial charge < -0.3 is 19.7 Å². The first-order valence-electron chi connectivity index (χ1n) is 9.64. The van der Waals surface area contributed by atoms with Crippen molar-refractivity contribution in [3.63, 3.8) is 0 Å². The maximum Gasteiger partial charge on any atom is 0.317 e. The first-order valence-corrected chi connectivity index (χ1v) is 9.64. The van der Waals surface area contributed by atoms with Gasteiger partial charge in [-0.05, 0) is 56.5 Å². The Bertz CT molecular complexity index is 690. The first kappa shape index (κ1) is 18.4. The largest absolute Gasteiger partial charge is 0.370 e. The molecule has 1 aliphatic heterocycles. The van der Waals surface area contributed by atoms with Crippen LogP contribution in [-0.4, -0.2) is 48.2 Å². The minimum Gasteiger partial charge on any atom is -0.370 e.